The summed E-state index contributed by atoms with van der Waals surface area (Å²) in [5.41, 5.74) is 0.696. The van der Waals surface area contributed by atoms with Gasteiger partial charge >= 0.3 is 6.18 Å². The number of rotatable bonds is 6. The molecule has 0 unspecified atom stereocenters. The SMILES string of the molecule is O=c1cc(CN2CCN(C3CCCCC3)CC2)nc(N2CCCN(Cc3cccc(C(F)(F)F)c3)CC2)[nH]1. The number of hydrogen-bond donors (Lipinski definition) is 1. The second-order valence-electron chi connectivity index (χ2n) is 11.0. The van der Waals surface area contributed by atoms with Gasteiger partial charge in [0.05, 0.1) is 11.3 Å². The Morgan fingerprint density at radius 2 is 1.58 bits per heavy atom. The topological polar surface area (TPSA) is 58.7 Å². The molecule has 3 aliphatic rings. The minimum absolute atomic E-state index is 0.143. The third kappa shape index (κ3) is 7.15. The molecule has 1 aromatic heterocycles. The summed E-state index contributed by atoms with van der Waals surface area (Å²) in [4.78, 5) is 29.5. The van der Waals surface area contributed by atoms with Crippen molar-refractivity contribution in [2.45, 2.75) is 63.8 Å². The molecule has 0 atom stereocenters. The number of anilines is 1. The maximum atomic E-state index is 13.1. The lowest BCUT2D eigenvalue weighted by atomic mass is 9.94. The van der Waals surface area contributed by atoms with E-state index < -0.39 is 11.7 Å². The third-order valence-corrected chi connectivity index (χ3v) is 8.21. The fourth-order valence-electron chi connectivity index (χ4n) is 6.13. The van der Waals surface area contributed by atoms with E-state index in [0.29, 0.717) is 37.7 Å². The summed E-state index contributed by atoms with van der Waals surface area (Å²) in [6.45, 7) is 8.15. The second kappa shape index (κ2) is 12.2. The Labute approximate surface area is 222 Å². The molecular weight excluding hydrogens is 493 g/mol. The van der Waals surface area contributed by atoms with Crippen LogP contribution in [-0.2, 0) is 19.3 Å². The van der Waals surface area contributed by atoms with Gasteiger partial charge in [-0.3, -0.25) is 24.5 Å². The summed E-state index contributed by atoms with van der Waals surface area (Å²) in [5, 5.41) is 0. The zero-order valence-corrected chi connectivity index (χ0v) is 22.1. The van der Waals surface area contributed by atoms with Gasteiger partial charge in [0.15, 0.2) is 0 Å². The molecule has 7 nitrogen and oxygen atoms in total. The molecule has 0 bridgehead atoms. The summed E-state index contributed by atoms with van der Waals surface area (Å²) in [5.74, 6) is 0.592. The minimum atomic E-state index is -4.34. The standard InChI is InChI=1S/C28H39F3N6O/c29-28(30,31)23-7-4-6-22(18-23)20-34-10-5-11-37(17-14-34)27-32-24(19-26(38)33-27)21-35-12-15-36(16-13-35)25-8-2-1-3-9-25/h4,6-7,18-19,25H,1-3,5,8-17,20-21H2,(H,32,33,38). The van der Waals surface area contributed by atoms with Gasteiger partial charge in [0.25, 0.3) is 5.56 Å². The molecule has 1 aromatic carbocycles. The highest BCUT2D eigenvalue weighted by Crippen LogP contribution is 2.30. The number of aromatic amines is 1. The van der Waals surface area contributed by atoms with E-state index in [-0.39, 0.29) is 5.56 Å². The van der Waals surface area contributed by atoms with Gasteiger partial charge in [-0.05, 0) is 30.9 Å². The largest absolute Gasteiger partial charge is 0.416 e. The van der Waals surface area contributed by atoms with Crippen molar-refractivity contribution in [3.8, 4) is 0 Å². The highest BCUT2D eigenvalue weighted by atomic mass is 19.4. The Morgan fingerprint density at radius 1 is 0.842 bits per heavy atom. The van der Waals surface area contributed by atoms with Crippen molar-refractivity contribution in [2.75, 3.05) is 57.3 Å². The minimum Gasteiger partial charge on any atom is -0.341 e. The van der Waals surface area contributed by atoms with Crippen LogP contribution in [0.1, 0.15) is 55.3 Å². The molecule has 208 valence electrons. The molecule has 2 aliphatic heterocycles. The van der Waals surface area contributed by atoms with Crippen LogP contribution in [0.3, 0.4) is 0 Å². The second-order valence-corrected chi connectivity index (χ2v) is 11.0. The van der Waals surface area contributed by atoms with Crippen LogP contribution in [0.15, 0.2) is 35.1 Å². The number of H-pyrrole nitrogens is 1. The van der Waals surface area contributed by atoms with Crippen LogP contribution in [0.25, 0.3) is 0 Å². The number of piperazine rings is 1. The highest BCUT2D eigenvalue weighted by Gasteiger charge is 2.30. The van der Waals surface area contributed by atoms with Crippen LogP contribution in [0.2, 0.25) is 0 Å². The first-order valence-corrected chi connectivity index (χ1v) is 14.0. The van der Waals surface area contributed by atoms with Gasteiger partial charge in [-0.2, -0.15) is 13.2 Å². The molecule has 1 aliphatic carbocycles. The molecule has 3 fully saturated rings. The first-order valence-electron chi connectivity index (χ1n) is 14.0. The molecule has 0 amide bonds. The van der Waals surface area contributed by atoms with Crippen LogP contribution in [0, 0.1) is 0 Å². The van der Waals surface area contributed by atoms with Crippen molar-refractivity contribution < 1.29 is 13.2 Å². The van der Waals surface area contributed by atoms with Gasteiger partial charge in [-0.15, -0.1) is 0 Å². The first kappa shape index (κ1) is 27.1. The summed E-state index contributed by atoms with van der Waals surface area (Å²) in [6, 6.07) is 7.91. The number of nitrogens with zero attached hydrogens (tertiary/aromatic N) is 5. The molecule has 0 radical (unpaired) electrons. The van der Waals surface area contributed by atoms with Crippen LogP contribution < -0.4 is 10.5 Å². The number of halogens is 3. The lowest BCUT2D eigenvalue weighted by Crippen LogP contribution is -2.50. The summed E-state index contributed by atoms with van der Waals surface area (Å²) >= 11 is 0. The number of hydrogen-bond acceptors (Lipinski definition) is 6. The van der Waals surface area contributed by atoms with Gasteiger partial charge in [0.2, 0.25) is 5.95 Å². The van der Waals surface area contributed by atoms with Crippen molar-refractivity contribution in [3.05, 3.63) is 57.5 Å². The van der Waals surface area contributed by atoms with Crippen LogP contribution >= 0.6 is 0 Å². The number of nitrogens with one attached hydrogen (secondary N) is 1. The Morgan fingerprint density at radius 3 is 2.34 bits per heavy atom. The van der Waals surface area contributed by atoms with Crippen LogP contribution in [-0.4, -0.2) is 83.1 Å². The maximum absolute atomic E-state index is 13.1. The summed E-state index contributed by atoms with van der Waals surface area (Å²) in [7, 11) is 0. The first-order chi connectivity index (χ1) is 18.3. The van der Waals surface area contributed by atoms with Crippen molar-refractivity contribution in [3.63, 3.8) is 0 Å². The van der Waals surface area contributed by atoms with Gasteiger partial charge in [0.1, 0.15) is 0 Å². The predicted molar refractivity (Wildman–Crippen MR) is 142 cm³/mol. The van der Waals surface area contributed by atoms with E-state index in [1.165, 1.54) is 44.2 Å². The third-order valence-electron chi connectivity index (χ3n) is 8.21. The summed E-state index contributed by atoms with van der Waals surface area (Å²) in [6.07, 6.45) is 3.23. The lowest BCUT2D eigenvalue weighted by molar-refractivity contribution is -0.137. The van der Waals surface area contributed by atoms with Gasteiger partial charge in [-0.1, -0.05) is 37.5 Å². The van der Waals surface area contributed by atoms with E-state index in [4.69, 9.17) is 4.98 Å². The molecule has 38 heavy (non-hydrogen) atoms. The van der Waals surface area contributed by atoms with E-state index in [1.807, 2.05) is 0 Å². The van der Waals surface area contributed by atoms with Crippen molar-refractivity contribution in [1.82, 2.24) is 24.7 Å². The fourth-order valence-corrected chi connectivity index (χ4v) is 6.13. The molecule has 10 heteroatoms. The van der Waals surface area contributed by atoms with Gasteiger partial charge < -0.3 is 4.90 Å². The number of aromatic nitrogens is 2. The van der Waals surface area contributed by atoms with E-state index in [9.17, 15) is 18.0 Å². The average molecular weight is 533 g/mol. The smallest absolute Gasteiger partial charge is 0.341 e. The zero-order chi connectivity index (χ0) is 26.5. The maximum Gasteiger partial charge on any atom is 0.416 e. The zero-order valence-electron chi connectivity index (χ0n) is 22.1. The van der Waals surface area contributed by atoms with Crippen LogP contribution in [0.5, 0.6) is 0 Å². The fraction of sp³-hybridized carbons (Fsp3) is 0.643. The molecular formula is C28H39F3N6O. The number of alkyl halides is 3. The van der Waals surface area contributed by atoms with Gasteiger partial charge in [-0.25, -0.2) is 4.98 Å². The van der Waals surface area contributed by atoms with E-state index in [1.54, 1.807) is 12.1 Å². The Bertz CT molecular complexity index is 1110. The normalized spacial score (nSPS) is 21.5. The molecule has 0 spiro atoms. The molecule has 5 rings (SSSR count). The molecule has 1 saturated carbocycles. The average Bonchev–Trinajstić information content (AvgIpc) is 3.15. The van der Waals surface area contributed by atoms with E-state index >= 15 is 0 Å². The Balaban J connectivity index is 1.16. The highest BCUT2D eigenvalue weighted by molar-refractivity contribution is 5.31. The van der Waals surface area contributed by atoms with Crippen LogP contribution in [0.4, 0.5) is 19.1 Å². The quantitative estimate of drug-likeness (QED) is 0.608. The predicted octanol–water partition coefficient (Wildman–Crippen LogP) is 3.95. The monoisotopic (exact) mass is 532 g/mol. The van der Waals surface area contributed by atoms with E-state index in [2.05, 4.69) is 24.6 Å². The molecule has 2 aromatic rings. The Kier molecular flexibility index (Phi) is 8.70. The molecule has 2 saturated heterocycles. The number of benzene rings is 1. The van der Waals surface area contributed by atoms with Crippen molar-refractivity contribution in [1.29, 1.82) is 0 Å². The van der Waals surface area contributed by atoms with Crippen molar-refractivity contribution >= 4 is 5.95 Å². The summed E-state index contributed by atoms with van der Waals surface area (Å²) < 4.78 is 39.3. The Hall–Kier alpha value is -2.43. The lowest BCUT2D eigenvalue weighted by Gasteiger charge is -2.40. The molecule has 3 heterocycles. The molecule has 1 N–H and O–H groups in total. The van der Waals surface area contributed by atoms with Gasteiger partial charge in [0, 0.05) is 77.6 Å². The van der Waals surface area contributed by atoms with E-state index in [0.717, 1.165) is 63.5 Å². The van der Waals surface area contributed by atoms with Crippen molar-refractivity contribution in [2.24, 2.45) is 0 Å².